The molecule has 1 unspecified atom stereocenters. The maximum atomic E-state index is 12.9. The van der Waals surface area contributed by atoms with Gasteiger partial charge in [-0.25, -0.2) is 0 Å². The van der Waals surface area contributed by atoms with Crippen LogP contribution in [0.1, 0.15) is 56.7 Å². The van der Waals surface area contributed by atoms with E-state index in [1.807, 2.05) is 0 Å². The van der Waals surface area contributed by atoms with Gasteiger partial charge in [-0.3, -0.25) is 4.79 Å². The number of fused-ring (bicyclic) bond motifs is 1. The first-order valence-electron chi connectivity index (χ1n) is 9.89. The molecule has 2 N–H and O–H groups in total. The number of hydrogen-bond acceptors (Lipinski definition) is 2. The molecular weight excluding hydrogens is 346 g/mol. The topological polar surface area (TPSA) is 48.1 Å². The van der Waals surface area contributed by atoms with Crippen LogP contribution < -0.4 is 5.32 Å². The van der Waals surface area contributed by atoms with Gasteiger partial charge in [0.2, 0.25) is 5.91 Å². The molecule has 4 rings (SSSR count). The Kier molecular flexibility index (Phi) is 6.60. The van der Waals surface area contributed by atoms with Crippen LogP contribution in [0, 0.1) is 5.92 Å². The number of benzene rings is 1. The fourth-order valence-corrected chi connectivity index (χ4v) is 4.47. The van der Waals surface area contributed by atoms with Crippen molar-refractivity contribution in [3.63, 3.8) is 0 Å². The van der Waals surface area contributed by atoms with Crippen molar-refractivity contribution in [2.75, 3.05) is 19.6 Å². The molecule has 142 valence electrons. The zero-order valence-corrected chi connectivity index (χ0v) is 16.2. The Labute approximate surface area is 162 Å². The highest BCUT2D eigenvalue weighted by atomic mass is 35.5. The summed E-state index contributed by atoms with van der Waals surface area (Å²) in [5.41, 5.74) is 2.38. The molecular formula is C21H30ClN3O. The molecule has 2 fully saturated rings. The summed E-state index contributed by atoms with van der Waals surface area (Å²) >= 11 is 0. The van der Waals surface area contributed by atoms with E-state index in [4.69, 9.17) is 0 Å². The summed E-state index contributed by atoms with van der Waals surface area (Å²) in [5.74, 6) is 1.07. The van der Waals surface area contributed by atoms with Gasteiger partial charge in [0.05, 0.1) is 6.04 Å². The van der Waals surface area contributed by atoms with Gasteiger partial charge in [0.1, 0.15) is 0 Å². The second-order valence-electron chi connectivity index (χ2n) is 7.64. The molecule has 3 heterocycles. The highest BCUT2D eigenvalue weighted by molar-refractivity contribution is 5.85. The van der Waals surface area contributed by atoms with Crippen molar-refractivity contribution in [1.29, 1.82) is 0 Å². The summed E-state index contributed by atoms with van der Waals surface area (Å²) in [6.07, 6.45) is 7.62. The van der Waals surface area contributed by atoms with Crippen molar-refractivity contribution in [2.45, 2.75) is 51.0 Å². The fourth-order valence-electron chi connectivity index (χ4n) is 4.47. The first-order chi connectivity index (χ1) is 12.3. The quantitative estimate of drug-likeness (QED) is 0.830. The number of rotatable bonds is 4. The Morgan fingerprint density at radius 2 is 1.92 bits per heavy atom. The van der Waals surface area contributed by atoms with Crippen molar-refractivity contribution in [3.05, 3.63) is 36.0 Å². The number of piperidine rings is 2. The number of carbonyl (C=O) groups excluding carboxylic acids is 1. The van der Waals surface area contributed by atoms with Crippen LogP contribution >= 0.6 is 12.4 Å². The third-order valence-corrected chi connectivity index (χ3v) is 5.96. The van der Waals surface area contributed by atoms with Crippen LogP contribution in [-0.4, -0.2) is 35.4 Å². The number of aromatic nitrogens is 1. The Morgan fingerprint density at radius 1 is 1.12 bits per heavy atom. The fraction of sp³-hybridized carbons (Fsp3) is 0.571. The number of H-pyrrole nitrogens is 1. The Morgan fingerprint density at radius 3 is 2.73 bits per heavy atom. The lowest BCUT2D eigenvalue weighted by Gasteiger charge is -2.36. The van der Waals surface area contributed by atoms with E-state index < -0.39 is 0 Å². The Hall–Kier alpha value is -1.52. The number of hydrogen-bond donors (Lipinski definition) is 2. The molecule has 1 aromatic carbocycles. The van der Waals surface area contributed by atoms with Gasteiger partial charge >= 0.3 is 0 Å². The summed E-state index contributed by atoms with van der Waals surface area (Å²) in [6, 6.07) is 10.8. The van der Waals surface area contributed by atoms with Crippen LogP contribution in [0.15, 0.2) is 30.3 Å². The number of para-hydroxylation sites is 1. The minimum absolute atomic E-state index is 0. The van der Waals surface area contributed by atoms with Gasteiger partial charge in [0.15, 0.2) is 0 Å². The summed E-state index contributed by atoms with van der Waals surface area (Å²) in [5, 5.41) is 4.65. The van der Waals surface area contributed by atoms with E-state index in [0.717, 1.165) is 44.8 Å². The maximum Gasteiger partial charge on any atom is 0.223 e. The van der Waals surface area contributed by atoms with Crippen LogP contribution in [0.2, 0.25) is 0 Å². The lowest BCUT2D eigenvalue weighted by molar-refractivity contribution is -0.135. The van der Waals surface area contributed by atoms with E-state index in [1.54, 1.807) is 0 Å². The Balaban J connectivity index is 0.00000196. The highest BCUT2D eigenvalue weighted by Crippen LogP contribution is 2.33. The molecule has 1 atom stereocenters. The summed E-state index contributed by atoms with van der Waals surface area (Å²) in [7, 11) is 0. The molecule has 2 aromatic rings. The largest absolute Gasteiger partial charge is 0.357 e. The van der Waals surface area contributed by atoms with Crippen LogP contribution in [0.25, 0.3) is 10.9 Å². The molecule has 0 radical (unpaired) electrons. The van der Waals surface area contributed by atoms with Crippen LogP contribution in [0.5, 0.6) is 0 Å². The first-order valence-corrected chi connectivity index (χ1v) is 9.89. The van der Waals surface area contributed by atoms with Crippen molar-refractivity contribution in [3.8, 4) is 0 Å². The lowest BCUT2D eigenvalue weighted by Crippen LogP contribution is -2.39. The predicted octanol–water partition coefficient (Wildman–Crippen LogP) is 4.42. The molecule has 0 saturated carbocycles. The molecule has 26 heavy (non-hydrogen) atoms. The molecule has 2 aliphatic heterocycles. The molecule has 5 heteroatoms. The number of carbonyl (C=O) groups is 1. The van der Waals surface area contributed by atoms with E-state index in [2.05, 4.69) is 45.5 Å². The van der Waals surface area contributed by atoms with E-state index in [9.17, 15) is 4.79 Å². The van der Waals surface area contributed by atoms with Crippen LogP contribution in [0.3, 0.4) is 0 Å². The van der Waals surface area contributed by atoms with E-state index in [1.165, 1.54) is 35.9 Å². The summed E-state index contributed by atoms with van der Waals surface area (Å²) < 4.78 is 0. The molecule has 0 bridgehead atoms. The first kappa shape index (κ1) is 19.2. The third kappa shape index (κ3) is 4.24. The van der Waals surface area contributed by atoms with Crippen molar-refractivity contribution >= 4 is 29.2 Å². The van der Waals surface area contributed by atoms with Gasteiger partial charge in [-0.05, 0) is 75.1 Å². The predicted molar refractivity (Wildman–Crippen MR) is 109 cm³/mol. The lowest BCUT2D eigenvalue weighted by atomic mass is 9.92. The molecule has 1 aromatic heterocycles. The van der Waals surface area contributed by atoms with E-state index in [0.29, 0.717) is 12.3 Å². The number of halogens is 1. The van der Waals surface area contributed by atoms with Crippen molar-refractivity contribution < 1.29 is 4.79 Å². The van der Waals surface area contributed by atoms with Gasteiger partial charge in [-0.15, -0.1) is 12.4 Å². The van der Waals surface area contributed by atoms with Gasteiger partial charge in [-0.1, -0.05) is 18.2 Å². The summed E-state index contributed by atoms with van der Waals surface area (Å²) in [4.78, 5) is 18.6. The van der Waals surface area contributed by atoms with Crippen LogP contribution in [-0.2, 0) is 4.79 Å². The molecule has 2 saturated heterocycles. The van der Waals surface area contributed by atoms with Gasteiger partial charge in [0.25, 0.3) is 0 Å². The minimum atomic E-state index is 0. The van der Waals surface area contributed by atoms with Crippen molar-refractivity contribution in [1.82, 2.24) is 15.2 Å². The van der Waals surface area contributed by atoms with Crippen molar-refractivity contribution in [2.24, 2.45) is 5.92 Å². The molecule has 1 amide bonds. The molecule has 0 aliphatic carbocycles. The monoisotopic (exact) mass is 375 g/mol. The average Bonchev–Trinajstić information content (AvgIpc) is 3.11. The standard InChI is InChI=1S/C21H29N3O.ClH/c25-21(9-8-16-10-12-22-13-11-16)24-14-4-3-7-20(24)19-15-17-5-1-2-6-18(17)23-19;/h1-2,5-6,15-16,20,22-23H,3-4,7-14H2;1H. The molecule has 4 nitrogen and oxygen atoms in total. The summed E-state index contributed by atoms with van der Waals surface area (Å²) in [6.45, 7) is 3.13. The number of nitrogens with one attached hydrogen (secondary N) is 2. The van der Waals surface area contributed by atoms with Crippen LogP contribution in [0.4, 0.5) is 0 Å². The Bertz CT molecular complexity index is 690. The normalized spacial score (nSPS) is 21.5. The number of nitrogens with zero attached hydrogens (tertiary/aromatic N) is 1. The molecule has 0 spiro atoms. The second kappa shape index (κ2) is 8.92. The highest BCUT2D eigenvalue weighted by Gasteiger charge is 2.29. The molecule has 2 aliphatic rings. The van der Waals surface area contributed by atoms with E-state index >= 15 is 0 Å². The zero-order chi connectivity index (χ0) is 17.1. The van der Waals surface area contributed by atoms with Gasteiger partial charge < -0.3 is 15.2 Å². The number of aromatic amines is 1. The minimum Gasteiger partial charge on any atom is -0.357 e. The SMILES string of the molecule is Cl.O=C(CCC1CCNCC1)N1CCCCC1c1cc2ccccc2[nH]1. The van der Waals surface area contributed by atoms with E-state index in [-0.39, 0.29) is 18.4 Å². The van der Waals surface area contributed by atoms with Gasteiger partial charge in [-0.2, -0.15) is 0 Å². The smallest absolute Gasteiger partial charge is 0.223 e. The third-order valence-electron chi connectivity index (χ3n) is 5.96. The maximum absolute atomic E-state index is 12.9. The average molecular weight is 376 g/mol. The second-order valence-corrected chi connectivity index (χ2v) is 7.64. The zero-order valence-electron chi connectivity index (χ0n) is 15.4. The number of likely N-dealkylation sites (tertiary alicyclic amines) is 1. The number of amides is 1. The van der Waals surface area contributed by atoms with Gasteiger partial charge in [0, 0.05) is 24.2 Å².